The van der Waals surface area contributed by atoms with Gasteiger partial charge >= 0.3 is 0 Å². The lowest BCUT2D eigenvalue weighted by molar-refractivity contribution is 0.220. The second kappa shape index (κ2) is 5.84. The van der Waals surface area contributed by atoms with Crippen molar-refractivity contribution in [3.8, 4) is 0 Å². The van der Waals surface area contributed by atoms with E-state index in [0.717, 1.165) is 23.8 Å². The number of nitrogens with one attached hydrogen (secondary N) is 1. The van der Waals surface area contributed by atoms with Crippen LogP contribution in [0.4, 0.5) is 0 Å². The normalized spacial score (nSPS) is 20.6. The lowest BCUT2D eigenvalue weighted by atomic mass is 10.4. The van der Waals surface area contributed by atoms with Crippen LogP contribution in [0.15, 0.2) is 5.38 Å². The molecule has 0 spiro atoms. The van der Waals surface area contributed by atoms with Crippen LogP contribution in [-0.2, 0) is 10.2 Å². The minimum atomic E-state index is -3.42. The topological polar surface area (TPSA) is 65.5 Å². The van der Waals surface area contributed by atoms with Crippen molar-refractivity contribution in [1.82, 2.24) is 18.9 Å². The van der Waals surface area contributed by atoms with Crippen molar-refractivity contribution in [2.45, 2.75) is 19.9 Å². The molecule has 2 heterocycles. The lowest BCUT2D eigenvalue weighted by Gasteiger charge is -2.32. The average molecular weight is 304 g/mol. The van der Waals surface area contributed by atoms with E-state index >= 15 is 0 Å². The summed E-state index contributed by atoms with van der Waals surface area (Å²) in [7, 11) is -1.42. The Balaban J connectivity index is 2.01. The van der Waals surface area contributed by atoms with Crippen LogP contribution in [-0.4, -0.2) is 55.8 Å². The highest BCUT2D eigenvalue weighted by molar-refractivity contribution is 7.87. The van der Waals surface area contributed by atoms with Gasteiger partial charge in [-0.3, -0.25) is 0 Å². The van der Waals surface area contributed by atoms with E-state index in [9.17, 15) is 8.42 Å². The van der Waals surface area contributed by atoms with Crippen molar-refractivity contribution in [2.75, 3.05) is 33.2 Å². The van der Waals surface area contributed by atoms with Crippen molar-refractivity contribution in [3.05, 3.63) is 16.1 Å². The summed E-state index contributed by atoms with van der Waals surface area (Å²) in [5.74, 6) is 0. The van der Waals surface area contributed by atoms with E-state index in [-0.39, 0.29) is 6.04 Å². The number of likely N-dealkylation sites (N-methyl/N-ethyl adjacent to an activating group) is 1. The lowest BCUT2D eigenvalue weighted by Crippen LogP contribution is -2.51. The number of hydrogen-bond acceptors (Lipinski definition) is 5. The number of thiazole rings is 1. The summed E-state index contributed by atoms with van der Waals surface area (Å²) < 4.78 is 28.7. The van der Waals surface area contributed by atoms with Gasteiger partial charge in [0.25, 0.3) is 10.2 Å². The van der Waals surface area contributed by atoms with E-state index < -0.39 is 10.2 Å². The van der Waals surface area contributed by atoms with Gasteiger partial charge in [-0.25, -0.2) is 4.98 Å². The molecule has 1 aliphatic rings. The van der Waals surface area contributed by atoms with E-state index in [4.69, 9.17) is 0 Å². The van der Waals surface area contributed by atoms with Crippen LogP contribution >= 0.6 is 11.3 Å². The quantitative estimate of drug-likeness (QED) is 0.884. The number of rotatable bonds is 4. The number of hydrogen-bond donors (Lipinski definition) is 1. The van der Waals surface area contributed by atoms with Gasteiger partial charge in [0.15, 0.2) is 0 Å². The molecule has 1 aromatic heterocycles. The number of aryl methyl sites for hydroxylation is 1. The fourth-order valence-electron chi connectivity index (χ4n) is 1.95. The van der Waals surface area contributed by atoms with Gasteiger partial charge in [0.2, 0.25) is 0 Å². The predicted octanol–water partition coefficient (Wildman–Crippen LogP) is 0.594. The van der Waals surface area contributed by atoms with Crippen LogP contribution in [0.25, 0.3) is 0 Å². The summed E-state index contributed by atoms with van der Waals surface area (Å²) in [6.45, 7) is 6.34. The maximum Gasteiger partial charge on any atom is 0.280 e. The van der Waals surface area contributed by atoms with Crippen molar-refractivity contribution in [3.63, 3.8) is 0 Å². The Kier molecular flexibility index (Phi) is 4.57. The first-order valence-corrected chi connectivity index (χ1v) is 8.58. The molecule has 0 amide bonds. The summed E-state index contributed by atoms with van der Waals surface area (Å²) >= 11 is 1.48. The van der Waals surface area contributed by atoms with Gasteiger partial charge in [-0.2, -0.15) is 17.4 Å². The Labute approximate surface area is 118 Å². The van der Waals surface area contributed by atoms with Crippen molar-refractivity contribution in [1.29, 1.82) is 0 Å². The molecule has 108 valence electrons. The van der Waals surface area contributed by atoms with Crippen molar-refractivity contribution < 1.29 is 8.42 Å². The molecular formula is C11H20N4O2S2. The maximum atomic E-state index is 12.3. The highest BCUT2D eigenvalue weighted by atomic mass is 32.2. The third-order valence-corrected chi connectivity index (χ3v) is 5.98. The first-order valence-electron chi connectivity index (χ1n) is 6.26. The van der Waals surface area contributed by atoms with Crippen molar-refractivity contribution >= 4 is 21.5 Å². The monoisotopic (exact) mass is 304 g/mol. The Morgan fingerprint density at radius 2 is 2.00 bits per heavy atom. The molecule has 0 aromatic carbocycles. The zero-order chi connectivity index (χ0) is 14.0. The molecule has 1 atom stereocenters. The molecule has 0 saturated carbocycles. The molecular weight excluding hydrogens is 284 g/mol. The van der Waals surface area contributed by atoms with Gasteiger partial charge in [0.1, 0.15) is 5.01 Å². The molecule has 0 aliphatic carbocycles. The van der Waals surface area contributed by atoms with Crippen LogP contribution in [0, 0.1) is 6.92 Å². The van der Waals surface area contributed by atoms with Gasteiger partial charge in [0, 0.05) is 37.3 Å². The second-order valence-corrected chi connectivity index (χ2v) is 7.47. The second-order valence-electron chi connectivity index (χ2n) is 4.87. The number of piperazine rings is 1. The number of aromatic nitrogens is 1. The molecule has 1 aromatic rings. The SMILES string of the molecule is Cc1csc(C(C)NS(=O)(=O)N2CCN(C)CC2)n1. The Morgan fingerprint density at radius 1 is 1.37 bits per heavy atom. The van der Waals surface area contributed by atoms with Gasteiger partial charge in [-0.15, -0.1) is 11.3 Å². The van der Waals surface area contributed by atoms with E-state index in [1.54, 1.807) is 0 Å². The minimum Gasteiger partial charge on any atom is -0.304 e. The van der Waals surface area contributed by atoms with Gasteiger partial charge in [-0.05, 0) is 20.9 Å². The fourth-order valence-corrected chi connectivity index (χ4v) is 4.18. The predicted molar refractivity (Wildman–Crippen MR) is 76.4 cm³/mol. The van der Waals surface area contributed by atoms with Gasteiger partial charge in [-0.1, -0.05) is 0 Å². The number of nitrogens with zero attached hydrogens (tertiary/aromatic N) is 3. The Hall–Kier alpha value is -0.540. The highest BCUT2D eigenvalue weighted by Crippen LogP contribution is 2.19. The van der Waals surface area contributed by atoms with E-state index in [1.807, 2.05) is 26.3 Å². The van der Waals surface area contributed by atoms with Gasteiger partial charge in [0.05, 0.1) is 6.04 Å². The molecule has 6 nitrogen and oxygen atoms in total. The van der Waals surface area contributed by atoms with Crippen LogP contribution in [0.5, 0.6) is 0 Å². The van der Waals surface area contributed by atoms with E-state index in [1.165, 1.54) is 15.6 Å². The van der Waals surface area contributed by atoms with Crippen molar-refractivity contribution in [2.24, 2.45) is 0 Å². The summed E-state index contributed by atoms with van der Waals surface area (Å²) in [5, 5.41) is 2.73. The maximum absolute atomic E-state index is 12.3. The third-order valence-electron chi connectivity index (χ3n) is 3.14. The fraction of sp³-hybridized carbons (Fsp3) is 0.727. The van der Waals surface area contributed by atoms with Crippen LogP contribution in [0.2, 0.25) is 0 Å². The summed E-state index contributed by atoms with van der Waals surface area (Å²) in [6, 6.07) is -0.289. The van der Waals surface area contributed by atoms with Gasteiger partial charge < -0.3 is 4.90 Å². The van der Waals surface area contributed by atoms with Crippen LogP contribution < -0.4 is 4.72 Å². The molecule has 0 radical (unpaired) electrons. The summed E-state index contributed by atoms with van der Waals surface area (Å²) in [6.07, 6.45) is 0. The Bertz CT molecular complexity index is 521. The summed E-state index contributed by atoms with van der Waals surface area (Å²) in [4.78, 5) is 6.44. The molecule has 1 aliphatic heterocycles. The highest BCUT2D eigenvalue weighted by Gasteiger charge is 2.27. The molecule has 1 unspecified atom stereocenters. The minimum absolute atomic E-state index is 0.289. The zero-order valence-corrected chi connectivity index (χ0v) is 13.1. The molecule has 0 bridgehead atoms. The van der Waals surface area contributed by atoms with Crippen LogP contribution in [0.1, 0.15) is 23.7 Å². The molecule has 1 fully saturated rings. The largest absolute Gasteiger partial charge is 0.304 e. The molecule has 2 rings (SSSR count). The smallest absolute Gasteiger partial charge is 0.280 e. The van der Waals surface area contributed by atoms with Crippen LogP contribution in [0.3, 0.4) is 0 Å². The molecule has 8 heteroatoms. The first-order chi connectivity index (χ1) is 8.88. The molecule has 1 saturated heterocycles. The third kappa shape index (κ3) is 3.73. The van der Waals surface area contributed by atoms with E-state index in [2.05, 4.69) is 14.6 Å². The van der Waals surface area contributed by atoms with E-state index in [0.29, 0.717) is 13.1 Å². The average Bonchev–Trinajstić information content (AvgIpc) is 2.76. The zero-order valence-electron chi connectivity index (χ0n) is 11.5. The summed E-state index contributed by atoms with van der Waals surface area (Å²) in [5.41, 5.74) is 0.922. The molecule has 1 N–H and O–H groups in total. The first kappa shape index (κ1) is 14.9. The standard InChI is InChI=1S/C11H20N4O2S2/c1-9-8-18-11(12-9)10(2)13-19(16,17)15-6-4-14(3)5-7-15/h8,10,13H,4-7H2,1-3H3. The molecule has 19 heavy (non-hydrogen) atoms. The Morgan fingerprint density at radius 3 is 2.53 bits per heavy atom.